The fourth-order valence-electron chi connectivity index (χ4n) is 4.17. The zero-order valence-corrected chi connectivity index (χ0v) is 20.1. The molecule has 176 valence electrons. The summed E-state index contributed by atoms with van der Waals surface area (Å²) in [6.07, 6.45) is 0. The summed E-state index contributed by atoms with van der Waals surface area (Å²) in [4.78, 5) is 17.7. The monoisotopic (exact) mass is 485 g/mol. The Bertz CT molecular complexity index is 1540. The Labute approximate surface area is 206 Å². The fraction of sp³-hybridized carbons (Fsp3) is 0.185. The van der Waals surface area contributed by atoms with E-state index in [1.165, 1.54) is 11.1 Å². The highest BCUT2D eigenvalue weighted by atomic mass is 32.1. The average Bonchev–Trinajstić information content (AvgIpc) is 3.48. The van der Waals surface area contributed by atoms with Gasteiger partial charge in [0, 0.05) is 10.9 Å². The lowest BCUT2D eigenvalue weighted by atomic mass is 10.1. The van der Waals surface area contributed by atoms with Crippen molar-refractivity contribution in [3.8, 4) is 28.5 Å². The molecule has 4 aromatic rings. The van der Waals surface area contributed by atoms with E-state index in [0.717, 1.165) is 38.8 Å². The molecular formula is C27H23N3O4S. The Balaban J connectivity index is 1.46. The molecule has 6 rings (SSSR count). The Kier molecular flexibility index (Phi) is 5.30. The highest BCUT2D eigenvalue weighted by Gasteiger charge is 2.19. The van der Waals surface area contributed by atoms with Gasteiger partial charge < -0.3 is 24.1 Å². The number of nitrogens with one attached hydrogen (secondary N) is 1. The average molecular weight is 486 g/mol. The number of amides is 1. The molecule has 3 heterocycles. The van der Waals surface area contributed by atoms with Crippen LogP contribution in [0.5, 0.6) is 17.2 Å². The summed E-state index contributed by atoms with van der Waals surface area (Å²) in [6.45, 7) is 5.07. The van der Waals surface area contributed by atoms with E-state index >= 15 is 0 Å². The highest BCUT2D eigenvalue weighted by molar-refractivity contribution is 7.07. The smallest absolute Gasteiger partial charge is 0.262 e. The van der Waals surface area contributed by atoms with E-state index in [-0.39, 0.29) is 19.3 Å². The number of nitrogens with zero attached hydrogens (tertiary/aromatic N) is 2. The van der Waals surface area contributed by atoms with Crippen molar-refractivity contribution in [1.82, 2.24) is 4.57 Å². The Morgan fingerprint density at radius 2 is 1.80 bits per heavy atom. The molecule has 2 aliphatic heterocycles. The number of carbonyl (C=O) groups is 1. The van der Waals surface area contributed by atoms with Crippen LogP contribution in [-0.4, -0.2) is 23.9 Å². The number of fused-ring (bicyclic) bond motifs is 2. The number of aromatic nitrogens is 1. The van der Waals surface area contributed by atoms with Gasteiger partial charge in [-0.3, -0.25) is 4.79 Å². The molecular weight excluding hydrogens is 462 g/mol. The number of anilines is 1. The van der Waals surface area contributed by atoms with Crippen LogP contribution >= 0.6 is 11.3 Å². The van der Waals surface area contributed by atoms with Gasteiger partial charge in [-0.05, 0) is 73.0 Å². The van der Waals surface area contributed by atoms with Gasteiger partial charge in [0.1, 0.15) is 5.75 Å². The molecule has 1 aromatic heterocycles. The van der Waals surface area contributed by atoms with Gasteiger partial charge >= 0.3 is 0 Å². The molecule has 1 amide bonds. The summed E-state index contributed by atoms with van der Waals surface area (Å²) in [5, 5.41) is 5.00. The van der Waals surface area contributed by atoms with Crippen LogP contribution in [0.2, 0.25) is 0 Å². The third-order valence-electron chi connectivity index (χ3n) is 6.20. The van der Waals surface area contributed by atoms with Crippen LogP contribution in [0.4, 0.5) is 11.4 Å². The molecule has 0 aliphatic carbocycles. The molecule has 1 N–H and O–H groups in total. The van der Waals surface area contributed by atoms with Gasteiger partial charge in [0.2, 0.25) is 6.79 Å². The highest BCUT2D eigenvalue weighted by Crippen LogP contribution is 2.35. The molecule has 0 bridgehead atoms. The van der Waals surface area contributed by atoms with Crippen LogP contribution in [0.3, 0.4) is 0 Å². The van der Waals surface area contributed by atoms with E-state index in [4.69, 9.17) is 19.2 Å². The maximum absolute atomic E-state index is 11.9. The first-order valence-corrected chi connectivity index (χ1v) is 12.2. The summed E-state index contributed by atoms with van der Waals surface area (Å²) >= 11 is 1.58. The number of benzene rings is 3. The van der Waals surface area contributed by atoms with E-state index in [0.29, 0.717) is 18.0 Å². The lowest BCUT2D eigenvalue weighted by molar-refractivity contribution is -0.118. The summed E-state index contributed by atoms with van der Waals surface area (Å²) in [6, 6.07) is 18.1. The minimum absolute atomic E-state index is 0.0356. The molecule has 0 fully saturated rings. The van der Waals surface area contributed by atoms with Crippen molar-refractivity contribution in [1.29, 1.82) is 0 Å². The summed E-state index contributed by atoms with van der Waals surface area (Å²) in [5.74, 6) is 2.03. The molecule has 0 saturated carbocycles. The summed E-state index contributed by atoms with van der Waals surface area (Å²) < 4.78 is 18.8. The second-order valence-corrected chi connectivity index (χ2v) is 9.44. The summed E-state index contributed by atoms with van der Waals surface area (Å²) in [5.41, 5.74) is 7.06. The summed E-state index contributed by atoms with van der Waals surface area (Å²) in [7, 11) is 0. The van der Waals surface area contributed by atoms with Gasteiger partial charge in [-0.2, -0.15) is 0 Å². The van der Waals surface area contributed by atoms with Crippen molar-refractivity contribution < 1.29 is 19.0 Å². The quantitative estimate of drug-likeness (QED) is 0.433. The third kappa shape index (κ3) is 4.17. The molecule has 35 heavy (non-hydrogen) atoms. The van der Waals surface area contributed by atoms with Gasteiger partial charge in [-0.25, -0.2) is 4.99 Å². The molecule has 8 heteroatoms. The van der Waals surface area contributed by atoms with Gasteiger partial charge in [-0.1, -0.05) is 12.1 Å². The van der Waals surface area contributed by atoms with E-state index in [9.17, 15) is 4.79 Å². The fourth-order valence-corrected chi connectivity index (χ4v) is 5.10. The van der Waals surface area contributed by atoms with Crippen molar-refractivity contribution in [2.45, 2.75) is 20.4 Å². The first kappa shape index (κ1) is 21.5. The van der Waals surface area contributed by atoms with Crippen molar-refractivity contribution in [3.63, 3.8) is 0 Å². The Morgan fingerprint density at radius 3 is 2.69 bits per heavy atom. The maximum Gasteiger partial charge on any atom is 0.262 e. The molecule has 2 aliphatic rings. The first-order valence-electron chi connectivity index (χ1n) is 11.3. The molecule has 0 radical (unpaired) electrons. The number of hydrogen-bond acceptors (Lipinski definition) is 6. The lowest BCUT2D eigenvalue weighted by Gasteiger charge is -2.19. The van der Waals surface area contributed by atoms with Crippen LogP contribution in [0, 0.1) is 13.8 Å². The zero-order valence-electron chi connectivity index (χ0n) is 19.3. The van der Waals surface area contributed by atoms with E-state index in [1.54, 1.807) is 11.3 Å². The van der Waals surface area contributed by atoms with Gasteiger partial charge in [0.15, 0.2) is 22.9 Å². The van der Waals surface area contributed by atoms with Crippen LogP contribution in [0.25, 0.3) is 11.3 Å². The van der Waals surface area contributed by atoms with Crippen LogP contribution in [-0.2, 0) is 11.3 Å². The van der Waals surface area contributed by atoms with Gasteiger partial charge in [-0.15, -0.1) is 11.3 Å². The molecule has 7 nitrogen and oxygen atoms in total. The second kappa shape index (κ2) is 8.63. The first-order chi connectivity index (χ1) is 17.0. The molecule has 0 spiro atoms. The number of carbonyl (C=O) groups excluding carboxylic acids is 1. The predicted octanol–water partition coefficient (Wildman–Crippen LogP) is 5.17. The minimum atomic E-state index is -0.154. The van der Waals surface area contributed by atoms with Crippen molar-refractivity contribution in [2.75, 3.05) is 18.7 Å². The van der Waals surface area contributed by atoms with Gasteiger partial charge in [0.05, 0.1) is 23.6 Å². The molecule has 3 aromatic carbocycles. The molecule has 0 atom stereocenters. The van der Waals surface area contributed by atoms with E-state index < -0.39 is 0 Å². The predicted molar refractivity (Wildman–Crippen MR) is 135 cm³/mol. The zero-order chi connectivity index (χ0) is 23.9. The number of hydrogen-bond donors (Lipinski definition) is 1. The third-order valence-corrected chi connectivity index (χ3v) is 7.06. The Morgan fingerprint density at radius 1 is 0.943 bits per heavy atom. The van der Waals surface area contributed by atoms with Gasteiger partial charge in [0.25, 0.3) is 5.91 Å². The van der Waals surface area contributed by atoms with Crippen molar-refractivity contribution in [3.05, 3.63) is 81.5 Å². The maximum atomic E-state index is 11.9. The van der Waals surface area contributed by atoms with Crippen molar-refractivity contribution in [2.24, 2.45) is 4.99 Å². The largest absolute Gasteiger partial charge is 0.482 e. The van der Waals surface area contributed by atoms with Crippen molar-refractivity contribution >= 4 is 28.6 Å². The Hall–Kier alpha value is -4.04. The standard InChI is InChI=1S/C27H23N3O4S/c1-16-3-6-20(9-17(16)2)28-27-30(12-18-4-7-24-25(10-18)34-15-33-24)22(14-35-27)19-5-8-23-21(11-19)29-26(31)13-32-23/h3-11,14H,12-13,15H2,1-2H3,(H,29,31). The molecule has 0 saturated heterocycles. The normalized spacial score (nSPS) is 14.5. The second-order valence-electron chi connectivity index (χ2n) is 8.61. The topological polar surface area (TPSA) is 74.1 Å². The lowest BCUT2D eigenvalue weighted by Crippen LogP contribution is -2.25. The SMILES string of the molecule is Cc1ccc(N=c2scc(-c3ccc4c(c3)NC(=O)CO4)n2Cc2ccc3c(c2)OCO3)cc1C. The van der Waals surface area contributed by atoms with Crippen LogP contribution in [0.1, 0.15) is 16.7 Å². The number of ether oxygens (including phenoxy) is 3. The number of aryl methyl sites for hydroxylation is 2. The van der Waals surface area contributed by atoms with Crippen LogP contribution in [0.15, 0.2) is 65.0 Å². The van der Waals surface area contributed by atoms with Crippen LogP contribution < -0.4 is 24.3 Å². The number of rotatable bonds is 4. The molecule has 0 unspecified atom stereocenters. The van der Waals surface area contributed by atoms with E-state index in [2.05, 4.69) is 41.2 Å². The van der Waals surface area contributed by atoms with E-state index in [1.807, 2.05) is 42.5 Å². The minimum Gasteiger partial charge on any atom is -0.482 e. The number of thiazole rings is 1.